The van der Waals surface area contributed by atoms with Crippen LogP contribution in [0.15, 0.2) is 30.6 Å². The number of aromatic amines is 1. The van der Waals surface area contributed by atoms with Crippen LogP contribution in [-0.2, 0) is 17.6 Å². The highest BCUT2D eigenvalue weighted by atomic mass is 19.1. The number of imidazole rings is 1. The van der Waals surface area contributed by atoms with Gasteiger partial charge in [-0.1, -0.05) is 6.07 Å². The van der Waals surface area contributed by atoms with Crippen LogP contribution in [0.3, 0.4) is 0 Å². The number of rotatable bonds is 5. The van der Waals surface area contributed by atoms with Crippen molar-refractivity contribution in [1.82, 2.24) is 15.3 Å². The Morgan fingerprint density at radius 1 is 1.37 bits per heavy atom. The normalized spacial score (nSPS) is 10.4. The van der Waals surface area contributed by atoms with Crippen molar-refractivity contribution in [2.45, 2.75) is 12.8 Å². The van der Waals surface area contributed by atoms with Crippen molar-refractivity contribution in [1.29, 1.82) is 0 Å². The fourth-order valence-corrected chi connectivity index (χ4v) is 1.66. The molecule has 4 nitrogen and oxygen atoms in total. The van der Waals surface area contributed by atoms with E-state index in [9.17, 15) is 13.6 Å². The summed E-state index contributed by atoms with van der Waals surface area (Å²) < 4.78 is 26.0. The zero-order valence-electron chi connectivity index (χ0n) is 10.1. The van der Waals surface area contributed by atoms with Crippen LogP contribution in [0.4, 0.5) is 8.78 Å². The topological polar surface area (TPSA) is 57.8 Å². The van der Waals surface area contributed by atoms with E-state index < -0.39 is 11.6 Å². The van der Waals surface area contributed by atoms with Crippen molar-refractivity contribution in [3.63, 3.8) is 0 Å². The Kier molecular flexibility index (Phi) is 4.22. The van der Waals surface area contributed by atoms with Gasteiger partial charge in [0.25, 0.3) is 0 Å². The molecule has 0 atom stereocenters. The molecule has 100 valence electrons. The fourth-order valence-electron chi connectivity index (χ4n) is 1.66. The lowest BCUT2D eigenvalue weighted by Crippen LogP contribution is -2.27. The van der Waals surface area contributed by atoms with E-state index in [4.69, 9.17) is 0 Å². The predicted octanol–water partition coefficient (Wildman–Crippen LogP) is 1.59. The lowest BCUT2D eigenvalue weighted by atomic mass is 10.1. The monoisotopic (exact) mass is 265 g/mol. The van der Waals surface area contributed by atoms with E-state index >= 15 is 0 Å². The van der Waals surface area contributed by atoms with Crippen LogP contribution in [0.2, 0.25) is 0 Å². The quantitative estimate of drug-likeness (QED) is 0.862. The van der Waals surface area contributed by atoms with Gasteiger partial charge in [0.1, 0.15) is 17.5 Å². The minimum absolute atomic E-state index is 0.107. The average Bonchev–Trinajstić information content (AvgIpc) is 2.86. The van der Waals surface area contributed by atoms with Crippen LogP contribution in [0.5, 0.6) is 0 Å². The number of amides is 1. The summed E-state index contributed by atoms with van der Waals surface area (Å²) in [5.41, 5.74) is 0.178. The summed E-state index contributed by atoms with van der Waals surface area (Å²) in [6.45, 7) is 0.412. The SMILES string of the molecule is O=C(Cc1ccc(F)cc1F)NCCc1ncc[nH]1. The molecule has 0 bridgehead atoms. The number of nitrogens with one attached hydrogen (secondary N) is 2. The van der Waals surface area contributed by atoms with Gasteiger partial charge in [0.2, 0.25) is 5.91 Å². The van der Waals surface area contributed by atoms with Crippen molar-refractivity contribution in [2.24, 2.45) is 0 Å². The van der Waals surface area contributed by atoms with Crippen LogP contribution < -0.4 is 5.32 Å². The maximum Gasteiger partial charge on any atom is 0.224 e. The van der Waals surface area contributed by atoms with Crippen molar-refractivity contribution >= 4 is 5.91 Å². The summed E-state index contributed by atoms with van der Waals surface area (Å²) in [6, 6.07) is 3.18. The second kappa shape index (κ2) is 6.08. The standard InChI is InChI=1S/C13H13F2N3O/c14-10-2-1-9(11(15)8-10)7-13(19)18-4-3-12-16-5-6-17-12/h1-2,5-6,8H,3-4,7H2,(H,16,17)(H,18,19). The minimum Gasteiger partial charge on any atom is -0.355 e. The number of aromatic nitrogens is 2. The van der Waals surface area contributed by atoms with Crippen molar-refractivity contribution in [3.05, 3.63) is 53.6 Å². The van der Waals surface area contributed by atoms with Crippen molar-refractivity contribution in [3.8, 4) is 0 Å². The first kappa shape index (κ1) is 13.2. The average molecular weight is 265 g/mol. The summed E-state index contributed by atoms with van der Waals surface area (Å²) in [6.07, 6.45) is 3.80. The number of nitrogens with zero attached hydrogens (tertiary/aromatic N) is 1. The molecule has 0 spiro atoms. The third kappa shape index (κ3) is 3.87. The highest BCUT2D eigenvalue weighted by Gasteiger charge is 2.08. The molecule has 6 heteroatoms. The molecule has 1 amide bonds. The first-order valence-corrected chi connectivity index (χ1v) is 5.84. The Morgan fingerprint density at radius 3 is 2.89 bits per heavy atom. The summed E-state index contributed by atoms with van der Waals surface area (Å²) in [7, 11) is 0. The zero-order chi connectivity index (χ0) is 13.7. The molecular weight excluding hydrogens is 252 g/mol. The molecule has 0 aliphatic carbocycles. The van der Waals surface area contributed by atoms with Crippen LogP contribution >= 0.6 is 0 Å². The van der Waals surface area contributed by atoms with Gasteiger partial charge in [-0.2, -0.15) is 0 Å². The molecule has 0 fully saturated rings. The van der Waals surface area contributed by atoms with E-state index in [1.165, 1.54) is 6.07 Å². The molecular formula is C13H13F2N3O. The molecule has 0 aliphatic heterocycles. The number of halogens is 2. The van der Waals surface area contributed by atoms with Gasteiger partial charge in [0, 0.05) is 31.4 Å². The van der Waals surface area contributed by atoms with Crippen molar-refractivity contribution < 1.29 is 13.6 Å². The van der Waals surface area contributed by atoms with Crippen LogP contribution in [0.25, 0.3) is 0 Å². The molecule has 1 aromatic carbocycles. The Bertz CT molecular complexity index is 555. The number of carbonyl (C=O) groups excluding carboxylic acids is 1. The predicted molar refractivity (Wildman–Crippen MR) is 65.4 cm³/mol. The van der Waals surface area contributed by atoms with Gasteiger partial charge in [-0.05, 0) is 11.6 Å². The number of carbonyl (C=O) groups is 1. The Balaban J connectivity index is 1.80. The van der Waals surface area contributed by atoms with E-state index in [1.54, 1.807) is 12.4 Å². The van der Waals surface area contributed by atoms with Crippen LogP contribution in [0.1, 0.15) is 11.4 Å². The van der Waals surface area contributed by atoms with Crippen molar-refractivity contribution in [2.75, 3.05) is 6.54 Å². The largest absolute Gasteiger partial charge is 0.355 e. The summed E-state index contributed by atoms with van der Waals surface area (Å²) in [5, 5.41) is 2.65. The first-order chi connectivity index (χ1) is 9.15. The van der Waals surface area contributed by atoms with Gasteiger partial charge in [-0.3, -0.25) is 4.79 Å². The molecule has 0 saturated carbocycles. The lowest BCUT2D eigenvalue weighted by molar-refractivity contribution is -0.120. The van der Waals surface area contributed by atoms with Gasteiger partial charge >= 0.3 is 0 Å². The maximum absolute atomic E-state index is 13.3. The summed E-state index contributed by atoms with van der Waals surface area (Å²) >= 11 is 0. The molecule has 0 radical (unpaired) electrons. The van der Waals surface area contributed by atoms with Crippen LogP contribution in [-0.4, -0.2) is 22.4 Å². The molecule has 2 rings (SSSR count). The van der Waals surface area contributed by atoms with Gasteiger partial charge in [-0.25, -0.2) is 13.8 Å². The minimum atomic E-state index is -0.707. The number of hydrogen-bond acceptors (Lipinski definition) is 2. The zero-order valence-corrected chi connectivity index (χ0v) is 10.1. The molecule has 2 aromatic rings. The van der Waals surface area contributed by atoms with E-state index in [0.29, 0.717) is 13.0 Å². The third-order valence-corrected chi connectivity index (χ3v) is 2.60. The van der Waals surface area contributed by atoms with Gasteiger partial charge in [0.15, 0.2) is 0 Å². The van der Waals surface area contributed by atoms with E-state index in [0.717, 1.165) is 18.0 Å². The van der Waals surface area contributed by atoms with Gasteiger partial charge in [0.05, 0.1) is 6.42 Å². The Morgan fingerprint density at radius 2 is 2.21 bits per heavy atom. The van der Waals surface area contributed by atoms with E-state index in [-0.39, 0.29) is 17.9 Å². The van der Waals surface area contributed by atoms with Gasteiger partial charge < -0.3 is 10.3 Å². The number of H-pyrrole nitrogens is 1. The third-order valence-electron chi connectivity index (χ3n) is 2.60. The highest BCUT2D eigenvalue weighted by molar-refractivity contribution is 5.78. The second-order valence-electron chi connectivity index (χ2n) is 4.05. The fraction of sp³-hybridized carbons (Fsp3) is 0.231. The lowest BCUT2D eigenvalue weighted by Gasteiger charge is -2.05. The Labute approximate surface area is 108 Å². The summed E-state index contributed by atoms with van der Waals surface area (Å²) in [4.78, 5) is 18.5. The van der Waals surface area contributed by atoms with E-state index in [1.807, 2.05) is 0 Å². The molecule has 19 heavy (non-hydrogen) atoms. The number of hydrogen-bond donors (Lipinski definition) is 2. The molecule has 0 unspecified atom stereocenters. The molecule has 1 aromatic heterocycles. The second-order valence-corrected chi connectivity index (χ2v) is 4.05. The highest BCUT2D eigenvalue weighted by Crippen LogP contribution is 2.09. The smallest absolute Gasteiger partial charge is 0.224 e. The Hall–Kier alpha value is -2.24. The molecule has 0 aliphatic rings. The van der Waals surface area contributed by atoms with Gasteiger partial charge in [-0.15, -0.1) is 0 Å². The van der Waals surface area contributed by atoms with Crippen LogP contribution in [0, 0.1) is 11.6 Å². The molecule has 1 heterocycles. The molecule has 2 N–H and O–H groups in total. The number of benzene rings is 1. The first-order valence-electron chi connectivity index (χ1n) is 5.84. The van der Waals surface area contributed by atoms with E-state index in [2.05, 4.69) is 15.3 Å². The molecule has 0 saturated heterocycles. The summed E-state index contributed by atoms with van der Waals surface area (Å²) in [5.74, 6) is -0.897. The maximum atomic E-state index is 13.3.